The summed E-state index contributed by atoms with van der Waals surface area (Å²) >= 11 is 0. The van der Waals surface area contributed by atoms with Crippen LogP contribution in [0.25, 0.3) is 0 Å². The molecule has 0 amide bonds. The fourth-order valence-corrected chi connectivity index (χ4v) is 2.51. The van der Waals surface area contributed by atoms with Gasteiger partial charge in [-0.3, -0.25) is 0 Å². The molecule has 5 heteroatoms. The molecule has 0 radical (unpaired) electrons. The Bertz CT molecular complexity index is 299. The predicted octanol–water partition coefficient (Wildman–Crippen LogP) is 0.803. The number of nitrogens with one attached hydrogen (secondary N) is 1. The molecule has 0 saturated heterocycles. The van der Waals surface area contributed by atoms with E-state index in [1.165, 1.54) is 6.42 Å². The third kappa shape index (κ3) is 4.09. The highest BCUT2D eigenvalue weighted by atomic mass is 32.2. The van der Waals surface area contributed by atoms with E-state index in [4.69, 9.17) is 6.42 Å². The quantitative estimate of drug-likeness (QED) is 0.709. The van der Waals surface area contributed by atoms with Gasteiger partial charge in [0.15, 0.2) is 0 Å². The first-order valence-corrected chi connectivity index (χ1v) is 6.15. The van der Waals surface area contributed by atoms with Crippen molar-refractivity contribution in [1.29, 1.82) is 0 Å². The van der Waals surface area contributed by atoms with Crippen molar-refractivity contribution in [2.45, 2.75) is 38.1 Å². The SMILES string of the molecule is C#CCOS(=O)(=O)NC1CCCCC1. The third-order valence-corrected chi connectivity index (χ3v) is 3.26. The minimum Gasteiger partial charge on any atom is -0.245 e. The Kier molecular flexibility index (Phi) is 4.39. The Hall–Kier alpha value is -0.570. The lowest BCUT2D eigenvalue weighted by Gasteiger charge is -2.21. The highest BCUT2D eigenvalue weighted by molar-refractivity contribution is 7.84. The highest BCUT2D eigenvalue weighted by Crippen LogP contribution is 2.18. The minimum atomic E-state index is -3.64. The van der Waals surface area contributed by atoms with Gasteiger partial charge in [0.05, 0.1) is 0 Å². The molecule has 0 aromatic rings. The zero-order valence-electron chi connectivity index (χ0n) is 8.03. The van der Waals surface area contributed by atoms with Crippen LogP contribution >= 0.6 is 0 Å². The van der Waals surface area contributed by atoms with Crippen molar-refractivity contribution < 1.29 is 12.6 Å². The maximum atomic E-state index is 11.2. The Labute approximate surface area is 85.3 Å². The molecule has 1 rings (SSSR count). The topological polar surface area (TPSA) is 55.4 Å². The summed E-state index contributed by atoms with van der Waals surface area (Å²) in [5.74, 6) is 2.12. The van der Waals surface area contributed by atoms with Gasteiger partial charge >= 0.3 is 10.3 Å². The standard InChI is InChI=1S/C9H15NO3S/c1-2-8-13-14(11,12)10-9-6-4-3-5-7-9/h1,9-10H,3-8H2. The van der Waals surface area contributed by atoms with E-state index in [2.05, 4.69) is 14.8 Å². The fraction of sp³-hybridized carbons (Fsp3) is 0.778. The van der Waals surface area contributed by atoms with Gasteiger partial charge in [-0.1, -0.05) is 25.2 Å². The van der Waals surface area contributed by atoms with E-state index in [0.29, 0.717) is 0 Å². The molecule has 1 saturated carbocycles. The van der Waals surface area contributed by atoms with Crippen LogP contribution in [0.4, 0.5) is 0 Å². The van der Waals surface area contributed by atoms with Gasteiger partial charge in [-0.2, -0.15) is 13.1 Å². The second-order valence-corrected chi connectivity index (χ2v) is 4.75. The van der Waals surface area contributed by atoms with Gasteiger partial charge in [0.25, 0.3) is 0 Å². The molecule has 1 fully saturated rings. The lowest BCUT2D eigenvalue weighted by atomic mass is 9.96. The fourth-order valence-electron chi connectivity index (χ4n) is 1.57. The zero-order chi connectivity index (χ0) is 10.4. The lowest BCUT2D eigenvalue weighted by Crippen LogP contribution is -2.37. The van der Waals surface area contributed by atoms with Crippen LogP contribution in [0.1, 0.15) is 32.1 Å². The van der Waals surface area contributed by atoms with E-state index in [-0.39, 0.29) is 12.6 Å². The molecule has 1 aliphatic carbocycles. The molecule has 1 N–H and O–H groups in total. The van der Waals surface area contributed by atoms with Crippen LogP contribution in [0.2, 0.25) is 0 Å². The Morgan fingerprint density at radius 1 is 1.36 bits per heavy atom. The summed E-state index contributed by atoms with van der Waals surface area (Å²) in [4.78, 5) is 0. The molecule has 0 bridgehead atoms. The molecule has 0 aromatic heterocycles. The summed E-state index contributed by atoms with van der Waals surface area (Å²) in [6.45, 7) is -0.206. The van der Waals surface area contributed by atoms with Crippen molar-refractivity contribution >= 4 is 10.3 Å². The first-order chi connectivity index (χ1) is 6.64. The first-order valence-electron chi connectivity index (χ1n) is 4.74. The van der Waals surface area contributed by atoms with Crippen molar-refractivity contribution in [3.05, 3.63) is 0 Å². The van der Waals surface area contributed by atoms with Crippen molar-refractivity contribution in [1.82, 2.24) is 4.72 Å². The molecule has 80 valence electrons. The van der Waals surface area contributed by atoms with Gasteiger partial charge in [0.2, 0.25) is 0 Å². The van der Waals surface area contributed by atoms with Crippen LogP contribution in [0.15, 0.2) is 0 Å². The van der Waals surface area contributed by atoms with Crippen LogP contribution < -0.4 is 4.72 Å². The van der Waals surface area contributed by atoms with E-state index in [1.54, 1.807) is 0 Å². The number of hydrogen-bond acceptors (Lipinski definition) is 3. The normalized spacial score (nSPS) is 19.1. The third-order valence-electron chi connectivity index (χ3n) is 2.21. The van der Waals surface area contributed by atoms with Gasteiger partial charge in [0.1, 0.15) is 6.61 Å². The summed E-state index contributed by atoms with van der Waals surface area (Å²) in [7, 11) is -3.64. The van der Waals surface area contributed by atoms with Gasteiger partial charge in [-0.15, -0.1) is 6.42 Å². The van der Waals surface area contributed by atoms with E-state index in [1.807, 2.05) is 0 Å². The molecular formula is C9H15NO3S. The van der Waals surface area contributed by atoms with Crippen molar-refractivity contribution in [2.24, 2.45) is 0 Å². The lowest BCUT2D eigenvalue weighted by molar-refractivity contribution is 0.333. The van der Waals surface area contributed by atoms with E-state index >= 15 is 0 Å². The number of rotatable bonds is 4. The summed E-state index contributed by atoms with van der Waals surface area (Å²) in [6, 6.07) is 0.0199. The number of hydrogen-bond donors (Lipinski definition) is 1. The first kappa shape index (κ1) is 11.5. The molecule has 1 aliphatic rings. The Morgan fingerprint density at radius 3 is 2.57 bits per heavy atom. The second kappa shape index (κ2) is 5.35. The molecule has 0 atom stereocenters. The van der Waals surface area contributed by atoms with Gasteiger partial charge in [-0.25, -0.2) is 4.18 Å². The molecule has 0 spiro atoms. The van der Waals surface area contributed by atoms with Crippen LogP contribution in [-0.4, -0.2) is 21.1 Å². The summed E-state index contributed by atoms with van der Waals surface area (Å²) in [6.07, 6.45) is 10.0. The van der Waals surface area contributed by atoms with E-state index < -0.39 is 10.3 Å². The minimum absolute atomic E-state index is 0.0199. The molecule has 14 heavy (non-hydrogen) atoms. The van der Waals surface area contributed by atoms with Gasteiger partial charge in [-0.05, 0) is 12.8 Å². The molecule has 0 unspecified atom stereocenters. The maximum Gasteiger partial charge on any atom is 0.337 e. The van der Waals surface area contributed by atoms with Crippen molar-refractivity contribution in [3.8, 4) is 12.3 Å². The van der Waals surface area contributed by atoms with Crippen LogP contribution in [-0.2, 0) is 14.5 Å². The molecule has 0 heterocycles. The number of terminal acetylenes is 1. The smallest absolute Gasteiger partial charge is 0.245 e. The summed E-state index contributed by atoms with van der Waals surface area (Å²) < 4.78 is 29.4. The highest BCUT2D eigenvalue weighted by Gasteiger charge is 2.19. The predicted molar refractivity (Wildman–Crippen MR) is 53.7 cm³/mol. The molecular weight excluding hydrogens is 202 g/mol. The van der Waals surface area contributed by atoms with E-state index in [0.717, 1.165) is 25.7 Å². The van der Waals surface area contributed by atoms with Crippen molar-refractivity contribution in [3.63, 3.8) is 0 Å². The van der Waals surface area contributed by atoms with Crippen LogP contribution in [0, 0.1) is 12.3 Å². The van der Waals surface area contributed by atoms with Gasteiger partial charge < -0.3 is 0 Å². The average molecular weight is 217 g/mol. The molecule has 0 aliphatic heterocycles. The Balaban J connectivity index is 2.38. The van der Waals surface area contributed by atoms with Crippen LogP contribution in [0.5, 0.6) is 0 Å². The second-order valence-electron chi connectivity index (χ2n) is 3.37. The largest absolute Gasteiger partial charge is 0.337 e. The summed E-state index contributed by atoms with van der Waals surface area (Å²) in [5.41, 5.74) is 0. The zero-order valence-corrected chi connectivity index (χ0v) is 8.85. The van der Waals surface area contributed by atoms with E-state index in [9.17, 15) is 8.42 Å². The van der Waals surface area contributed by atoms with Crippen LogP contribution in [0.3, 0.4) is 0 Å². The average Bonchev–Trinajstić information content (AvgIpc) is 2.16. The summed E-state index contributed by atoms with van der Waals surface area (Å²) in [5, 5.41) is 0. The van der Waals surface area contributed by atoms with Crippen molar-refractivity contribution in [2.75, 3.05) is 6.61 Å². The molecule has 4 nitrogen and oxygen atoms in total. The Morgan fingerprint density at radius 2 is 2.00 bits per heavy atom. The monoisotopic (exact) mass is 217 g/mol. The molecule has 0 aromatic carbocycles. The maximum absolute atomic E-state index is 11.2. The van der Waals surface area contributed by atoms with Gasteiger partial charge in [0, 0.05) is 6.04 Å².